The molecule has 3 rings (SSSR count). The van der Waals surface area contributed by atoms with Crippen LogP contribution >= 0.6 is 69.6 Å². The molecule has 130 valence electrons. The molecule has 11 heteroatoms. The number of halogens is 6. The summed E-state index contributed by atoms with van der Waals surface area (Å²) in [5.41, 5.74) is -0.632. The van der Waals surface area contributed by atoms with Gasteiger partial charge in [-0.05, 0) is 17.7 Å². The van der Waals surface area contributed by atoms with Gasteiger partial charge in [0.15, 0.2) is 23.0 Å². The molecule has 1 aromatic rings. The topological polar surface area (TPSA) is 55.2 Å². The van der Waals surface area contributed by atoms with E-state index in [1.165, 1.54) is 6.34 Å². The lowest BCUT2D eigenvalue weighted by Crippen LogP contribution is -2.57. The van der Waals surface area contributed by atoms with E-state index in [1.54, 1.807) is 12.1 Å². The number of nitrogens with one attached hydrogen (secondary N) is 1. The maximum Gasteiger partial charge on any atom is 0.249 e. The molecule has 1 unspecified atom stereocenters. The lowest BCUT2D eigenvalue weighted by molar-refractivity contribution is 0.174. The van der Waals surface area contributed by atoms with E-state index in [0.29, 0.717) is 11.5 Å². The highest BCUT2D eigenvalue weighted by Crippen LogP contribution is 2.44. The molecule has 1 atom stereocenters. The van der Waals surface area contributed by atoms with Crippen molar-refractivity contribution in [3.8, 4) is 11.5 Å². The summed E-state index contributed by atoms with van der Waals surface area (Å²) in [5, 5.41) is 2.87. The second kappa shape index (κ2) is 6.45. The van der Waals surface area contributed by atoms with Crippen LogP contribution in [0.2, 0.25) is 0 Å². The molecule has 2 heterocycles. The number of rotatable bonds is 2. The first-order chi connectivity index (χ1) is 11.1. The lowest BCUT2D eigenvalue weighted by Gasteiger charge is -2.39. The molecule has 24 heavy (non-hydrogen) atoms. The fourth-order valence-electron chi connectivity index (χ4n) is 2.26. The number of hydrogen-bond acceptors (Lipinski definition) is 5. The largest absolute Gasteiger partial charge is 0.454 e. The molecule has 5 nitrogen and oxygen atoms in total. The first-order valence-corrected chi connectivity index (χ1v) is 8.80. The van der Waals surface area contributed by atoms with Gasteiger partial charge in [0.1, 0.15) is 0 Å². The smallest absolute Gasteiger partial charge is 0.249 e. The second-order valence-electron chi connectivity index (χ2n) is 5.06. The van der Waals surface area contributed by atoms with E-state index in [2.05, 4.69) is 15.3 Å². The average molecular weight is 452 g/mol. The summed E-state index contributed by atoms with van der Waals surface area (Å²) >= 11 is 36.1. The summed E-state index contributed by atoms with van der Waals surface area (Å²) in [4.78, 5) is 8.19. The predicted octanol–water partition coefficient (Wildman–Crippen LogP) is 4.42. The quantitative estimate of drug-likeness (QED) is 0.677. The van der Waals surface area contributed by atoms with E-state index in [-0.39, 0.29) is 19.0 Å². The number of ether oxygens (including phenoxy) is 2. The van der Waals surface area contributed by atoms with E-state index < -0.39 is 13.2 Å². The van der Waals surface area contributed by atoms with Gasteiger partial charge in [-0.1, -0.05) is 75.7 Å². The molecule has 0 aliphatic carbocycles. The summed E-state index contributed by atoms with van der Waals surface area (Å²) in [6.07, 6.45) is 1.47. The maximum atomic E-state index is 6.17. The zero-order chi connectivity index (χ0) is 17.6. The van der Waals surface area contributed by atoms with Crippen molar-refractivity contribution in [3.05, 3.63) is 23.8 Å². The number of hydrogen-bond donors (Lipinski definition) is 1. The van der Waals surface area contributed by atoms with Crippen molar-refractivity contribution >= 4 is 81.8 Å². The highest BCUT2D eigenvalue weighted by Gasteiger charge is 2.51. The van der Waals surface area contributed by atoms with Crippen LogP contribution in [0, 0.1) is 0 Å². The molecule has 0 fully saturated rings. The van der Waals surface area contributed by atoms with Gasteiger partial charge in [-0.15, -0.1) is 0 Å². The SMILES string of the molecule is ClC(Cl)(Cl)C1=NC(Cc2ccc3c(c2)OCO3)(C(Cl)(Cl)Cl)NC=N1. The van der Waals surface area contributed by atoms with Gasteiger partial charge in [0, 0.05) is 6.42 Å². The molecular formula is C13H9Cl6N3O2. The highest BCUT2D eigenvalue weighted by molar-refractivity contribution is 6.77. The summed E-state index contributed by atoms with van der Waals surface area (Å²) in [6.45, 7) is 0.162. The predicted molar refractivity (Wildman–Crippen MR) is 98.6 cm³/mol. The zero-order valence-corrected chi connectivity index (χ0v) is 16.2. The van der Waals surface area contributed by atoms with E-state index in [1.807, 2.05) is 6.07 Å². The van der Waals surface area contributed by atoms with Crippen LogP contribution in [0.15, 0.2) is 28.2 Å². The van der Waals surface area contributed by atoms with Crippen LogP contribution in [-0.2, 0) is 6.42 Å². The number of fused-ring (bicyclic) bond motifs is 1. The molecule has 0 aromatic heterocycles. The van der Waals surface area contributed by atoms with Gasteiger partial charge in [0.2, 0.25) is 14.4 Å². The monoisotopic (exact) mass is 449 g/mol. The van der Waals surface area contributed by atoms with Crippen molar-refractivity contribution in [3.63, 3.8) is 0 Å². The minimum absolute atomic E-state index is 0.0849. The van der Waals surface area contributed by atoms with Gasteiger partial charge in [0.05, 0.1) is 6.34 Å². The maximum absolute atomic E-state index is 6.17. The molecule has 1 aromatic carbocycles. The Morgan fingerprint density at radius 3 is 2.46 bits per heavy atom. The molecule has 0 saturated heterocycles. The van der Waals surface area contributed by atoms with E-state index in [9.17, 15) is 0 Å². The number of benzene rings is 1. The van der Waals surface area contributed by atoms with Crippen molar-refractivity contribution in [1.82, 2.24) is 5.32 Å². The second-order valence-corrected chi connectivity index (χ2v) is 9.62. The van der Waals surface area contributed by atoms with Crippen LogP contribution in [0.4, 0.5) is 0 Å². The molecular weight excluding hydrogens is 443 g/mol. The Hall–Kier alpha value is -0.300. The summed E-state index contributed by atoms with van der Waals surface area (Å²) in [6, 6.07) is 5.35. The normalized spacial score (nSPS) is 23.0. The van der Waals surface area contributed by atoms with Gasteiger partial charge in [-0.3, -0.25) is 0 Å². The Morgan fingerprint density at radius 1 is 1.08 bits per heavy atom. The summed E-state index contributed by atoms with van der Waals surface area (Å²) in [5.74, 6) is 1.16. The molecule has 0 amide bonds. The number of amidine groups is 1. The Labute approximate surface area is 167 Å². The van der Waals surface area contributed by atoms with Crippen molar-refractivity contribution in [2.24, 2.45) is 9.98 Å². The van der Waals surface area contributed by atoms with Crippen LogP contribution in [0.5, 0.6) is 11.5 Å². The molecule has 0 spiro atoms. The van der Waals surface area contributed by atoms with Gasteiger partial charge in [-0.2, -0.15) is 0 Å². The van der Waals surface area contributed by atoms with Gasteiger partial charge >= 0.3 is 0 Å². The first kappa shape index (κ1) is 18.5. The molecule has 2 aliphatic rings. The van der Waals surface area contributed by atoms with Crippen LogP contribution in [0.1, 0.15) is 5.56 Å². The van der Waals surface area contributed by atoms with Crippen molar-refractivity contribution in [1.29, 1.82) is 0 Å². The van der Waals surface area contributed by atoms with Crippen molar-refractivity contribution < 1.29 is 9.47 Å². The zero-order valence-electron chi connectivity index (χ0n) is 11.7. The number of nitrogens with zero attached hydrogens (tertiary/aromatic N) is 2. The Balaban J connectivity index is 1.99. The van der Waals surface area contributed by atoms with Gasteiger partial charge < -0.3 is 14.8 Å². The van der Waals surface area contributed by atoms with E-state index in [4.69, 9.17) is 79.1 Å². The van der Waals surface area contributed by atoms with Crippen LogP contribution in [0.3, 0.4) is 0 Å². The fraction of sp³-hybridized carbons (Fsp3) is 0.385. The fourth-order valence-corrected chi connectivity index (χ4v) is 3.03. The Kier molecular flexibility index (Phi) is 4.97. The Morgan fingerprint density at radius 2 is 1.79 bits per heavy atom. The number of aliphatic imine (C=N–C) groups is 2. The van der Waals surface area contributed by atoms with Crippen LogP contribution in [-0.4, -0.2) is 32.2 Å². The molecule has 2 aliphatic heterocycles. The standard InChI is InChI=1S/C13H9Cl6N3O2/c14-12(15,16)10-20-5-21-11(22-10,13(17,18)19)4-7-1-2-8-9(3-7)24-6-23-8/h1-3,5H,4,6H2,(H,20,21,22). The Bertz CT molecular complexity index is 713. The third kappa shape index (κ3) is 3.62. The number of alkyl halides is 6. The average Bonchev–Trinajstić information content (AvgIpc) is 2.93. The minimum atomic E-state index is -1.85. The summed E-state index contributed by atoms with van der Waals surface area (Å²) in [7, 11) is 0. The molecule has 0 bridgehead atoms. The molecule has 0 saturated carbocycles. The van der Waals surface area contributed by atoms with Gasteiger partial charge in [0.25, 0.3) is 0 Å². The van der Waals surface area contributed by atoms with E-state index >= 15 is 0 Å². The third-order valence-electron chi connectivity index (χ3n) is 3.41. The highest BCUT2D eigenvalue weighted by atomic mass is 35.6. The van der Waals surface area contributed by atoms with Crippen molar-refractivity contribution in [2.75, 3.05) is 6.79 Å². The molecule has 1 N–H and O–H groups in total. The van der Waals surface area contributed by atoms with Gasteiger partial charge in [-0.25, -0.2) is 9.98 Å². The van der Waals surface area contributed by atoms with Crippen LogP contribution < -0.4 is 14.8 Å². The van der Waals surface area contributed by atoms with Crippen molar-refractivity contribution in [2.45, 2.75) is 19.7 Å². The first-order valence-electron chi connectivity index (χ1n) is 6.53. The summed E-state index contributed by atoms with van der Waals surface area (Å²) < 4.78 is 6.93. The van der Waals surface area contributed by atoms with Crippen LogP contribution in [0.25, 0.3) is 0 Å². The molecule has 0 radical (unpaired) electrons. The third-order valence-corrected chi connectivity index (χ3v) is 4.85. The lowest BCUT2D eigenvalue weighted by atomic mass is 10.0. The van der Waals surface area contributed by atoms with E-state index in [0.717, 1.165) is 5.56 Å². The minimum Gasteiger partial charge on any atom is -0.454 e.